The van der Waals surface area contributed by atoms with Crippen molar-refractivity contribution in [3.05, 3.63) is 0 Å². The Balaban J connectivity index is 2.81. The van der Waals surface area contributed by atoms with Gasteiger partial charge in [0, 0.05) is 13.7 Å². The Kier molecular flexibility index (Phi) is 6.42. The van der Waals surface area contributed by atoms with Gasteiger partial charge in [-0.15, -0.1) is 0 Å². The highest BCUT2D eigenvalue weighted by atomic mass is 16.7. The molecule has 0 aliphatic carbocycles. The van der Waals surface area contributed by atoms with Crippen LogP contribution in [0.4, 0.5) is 4.79 Å². The van der Waals surface area contributed by atoms with Crippen molar-refractivity contribution < 1.29 is 28.5 Å². The number of likely N-dealkylation sites (tertiary alicyclic amines) is 1. The molecular formula is C14H25NO6. The summed E-state index contributed by atoms with van der Waals surface area (Å²) in [4.78, 5) is 25.7. The summed E-state index contributed by atoms with van der Waals surface area (Å²) in [6, 6.07) is -0.796. The number of carbonyl (C=O) groups is 2. The topological polar surface area (TPSA) is 74.3 Å². The van der Waals surface area contributed by atoms with Crippen LogP contribution in [0.3, 0.4) is 0 Å². The van der Waals surface area contributed by atoms with Crippen molar-refractivity contribution >= 4 is 12.1 Å². The lowest BCUT2D eigenvalue weighted by Crippen LogP contribution is -2.48. The molecule has 1 aliphatic heterocycles. The fourth-order valence-corrected chi connectivity index (χ4v) is 2.13. The van der Waals surface area contributed by atoms with E-state index in [-0.39, 0.29) is 13.4 Å². The molecule has 0 N–H and O–H groups in total. The molecule has 0 radical (unpaired) electrons. The zero-order valence-electron chi connectivity index (χ0n) is 13.4. The predicted molar refractivity (Wildman–Crippen MR) is 74.7 cm³/mol. The fourth-order valence-electron chi connectivity index (χ4n) is 2.13. The maximum absolute atomic E-state index is 12.2. The van der Waals surface area contributed by atoms with E-state index in [2.05, 4.69) is 0 Å². The van der Waals surface area contributed by atoms with E-state index in [0.717, 1.165) is 0 Å². The third-order valence-corrected chi connectivity index (χ3v) is 2.90. The highest BCUT2D eigenvalue weighted by Crippen LogP contribution is 2.24. The molecule has 1 heterocycles. The normalized spacial score (nSPS) is 22.2. The molecule has 0 aromatic carbocycles. The Morgan fingerprint density at radius 3 is 2.48 bits per heavy atom. The summed E-state index contributed by atoms with van der Waals surface area (Å²) in [5.74, 6) is -0.484. The van der Waals surface area contributed by atoms with Gasteiger partial charge in [-0.3, -0.25) is 4.90 Å². The van der Waals surface area contributed by atoms with E-state index in [1.807, 2.05) is 0 Å². The molecule has 0 bridgehead atoms. The Bertz CT molecular complexity index is 365. The molecule has 0 saturated carbocycles. The molecule has 1 rings (SSSR count). The molecule has 7 nitrogen and oxygen atoms in total. The smallest absolute Gasteiger partial charge is 0.411 e. The molecule has 1 amide bonds. The van der Waals surface area contributed by atoms with Gasteiger partial charge in [0.1, 0.15) is 12.4 Å². The lowest BCUT2D eigenvalue weighted by atomic mass is 10.1. The average Bonchev–Trinajstić information content (AvgIpc) is 2.78. The second kappa shape index (κ2) is 7.61. The van der Waals surface area contributed by atoms with Gasteiger partial charge >= 0.3 is 12.1 Å². The lowest BCUT2D eigenvalue weighted by molar-refractivity contribution is -0.155. The number of amides is 1. The van der Waals surface area contributed by atoms with Crippen molar-refractivity contribution in [2.24, 2.45) is 0 Å². The van der Waals surface area contributed by atoms with Crippen molar-refractivity contribution in [3.8, 4) is 0 Å². The molecule has 1 fully saturated rings. The molecule has 2 atom stereocenters. The summed E-state index contributed by atoms with van der Waals surface area (Å²) >= 11 is 0. The molecule has 1 aliphatic rings. The summed E-state index contributed by atoms with van der Waals surface area (Å²) < 4.78 is 20.7. The minimum absolute atomic E-state index is 0.0583. The van der Waals surface area contributed by atoms with Crippen LogP contribution >= 0.6 is 0 Å². The monoisotopic (exact) mass is 303 g/mol. The fraction of sp³-hybridized carbons (Fsp3) is 0.857. The van der Waals surface area contributed by atoms with E-state index in [9.17, 15) is 9.59 Å². The van der Waals surface area contributed by atoms with E-state index in [0.29, 0.717) is 13.0 Å². The number of methoxy groups -OCH3 is 1. The molecular weight excluding hydrogens is 278 g/mol. The number of hydrogen-bond acceptors (Lipinski definition) is 6. The predicted octanol–water partition coefficient (Wildman–Crippen LogP) is 1.55. The molecule has 122 valence electrons. The Morgan fingerprint density at radius 1 is 1.29 bits per heavy atom. The van der Waals surface area contributed by atoms with Crippen LogP contribution in [0.1, 0.15) is 34.1 Å². The van der Waals surface area contributed by atoms with Gasteiger partial charge in [0.05, 0.1) is 12.7 Å². The van der Waals surface area contributed by atoms with Crippen molar-refractivity contribution in [1.29, 1.82) is 0 Å². The summed E-state index contributed by atoms with van der Waals surface area (Å²) in [7, 11) is 1.50. The second-order valence-electron chi connectivity index (χ2n) is 5.77. The molecule has 21 heavy (non-hydrogen) atoms. The van der Waals surface area contributed by atoms with Gasteiger partial charge in [0.2, 0.25) is 0 Å². The highest BCUT2D eigenvalue weighted by molar-refractivity contribution is 5.83. The number of rotatable bonds is 5. The third kappa shape index (κ3) is 5.17. The molecule has 0 aromatic heterocycles. The minimum atomic E-state index is -0.796. The first-order chi connectivity index (χ1) is 9.80. The highest BCUT2D eigenvalue weighted by Gasteiger charge is 2.45. The molecule has 1 saturated heterocycles. The second-order valence-corrected chi connectivity index (χ2v) is 5.77. The standard InChI is InChI=1S/C14H25NO6/c1-6-19-12(16)11-10(20-9-18-5)7-8-15(11)13(17)21-14(2,3)4/h10-11H,6-9H2,1-5H3/t10-,11+/m0/s1. The molecule has 0 spiro atoms. The van der Waals surface area contributed by atoms with E-state index in [1.54, 1.807) is 27.7 Å². The summed E-state index contributed by atoms with van der Waals surface area (Å²) in [5.41, 5.74) is -0.623. The number of ether oxygens (including phenoxy) is 4. The zero-order chi connectivity index (χ0) is 16.0. The van der Waals surface area contributed by atoms with Gasteiger partial charge in [-0.05, 0) is 34.1 Å². The number of esters is 1. The van der Waals surface area contributed by atoms with Crippen LogP contribution in [-0.2, 0) is 23.7 Å². The molecule has 0 unspecified atom stereocenters. The van der Waals surface area contributed by atoms with Crippen molar-refractivity contribution in [3.63, 3.8) is 0 Å². The maximum Gasteiger partial charge on any atom is 0.411 e. The maximum atomic E-state index is 12.2. The number of nitrogens with zero attached hydrogens (tertiary/aromatic N) is 1. The number of hydrogen-bond donors (Lipinski definition) is 0. The van der Waals surface area contributed by atoms with Gasteiger partial charge in [0.15, 0.2) is 6.04 Å². The summed E-state index contributed by atoms with van der Waals surface area (Å²) in [5, 5.41) is 0. The Hall–Kier alpha value is -1.34. The van der Waals surface area contributed by atoms with Crippen LogP contribution < -0.4 is 0 Å². The van der Waals surface area contributed by atoms with Gasteiger partial charge in [-0.25, -0.2) is 9.59 Å². The SMILES string of the molecule is CCOC(=O)[C@H]1[C@@H](OCOC)CCN1C(=O)OC(C)(C)C. The minimum Gasteiger partial charge on any atom is -0.464 e. The number of carbonyl (C=O) groups excluding carboxylic acids is 2. The van der Waals surface area contributed by atoms with Crippen LogP contribution in [-0.4, -0.2) is 61.8 Å². The lowest BCUT2D eigenvalue weighted by Gasteiger charge is -2.29. The van der Waals surface area contributed by atoms with Gasteiger partial charge < -0.3 is 18.9 Å². The van der Waals surface area contributed by atoms with Gasteiger partial charge in [0.25, 0.3) is 0 Å². The quantitative estimate of drug-likeness (QED) is 0.566. The summed E-state index contributed by atoms with van der Waals surface area (Å²) in [6.07, 6.45) is -0.452. The van der Waals surface area contributed by atoms with Crippen LogP contribution in [0.2, 0.25) is 0 Å². The first kappa shape index (κ1) is 17.7. The van der Waals surface area contributed by atoms with E-state index in [4.69, 9.17) is 18.9 Å². The van der Waals surface area contributed by atoms with Crippen LogP contribution in [0.5, 0.6) is 0 Å². The zero-order valence-corrected chi connectivity index (χ0v) is 13.4. The van der Waals surface area contributed by atoms with Crippen molar-refractivity contribution in [1.82, 2.24) is 4.90 Å². The Labute approximate surface area is 125 Å². The first-order valence-corrected chi connectivity index (χ1v) is 7.07. The van der Waals surface area contributed by atoms with Gasteiger partial charge in [-0.2, -0.15) is 0 Å². The molecule has 0 aromatic rings. The van der Waals surface area contributed by atoms with E-state index < -0.39 is 29.8 Å². The van der Waals surface area contributed by atoms with E-state index >= 15 is 0 Å². The van der Waals surface area contributed by atoms with Crippen LogP contribution in [0.15, 0.2) is 0 Å². The average molecular weight is 303 g/mol. The first-order valence-electron chi connectivity index (χ1n) is 7.07. The van der Waals surface area contributed by atoms with Gasteiger partial charge in [-0.1, -0.05) is 0 Å². The van der Waals surface area contributed by atoms with Crippen LogP contribution in [0.25, 0.3) is 0 Å². The largest absolute Gasteiger partial charge is 0.464 e. The Morgan fingerprint density at radius 2 is 1.95 bits per heavy atom. The molecule has 7 heteroatoms. The van der Waals surface area contributed by atoms with Crippen LogP contribution in [0, 0.1) is 0 Å². The van der Waals surface area contributed by atoms with Crippen molar-refractivity contribution in [2.45, 2.75) is 51.9 Å². The van der Waals surface area contributed by atoms with Crippen molar-refractivity contribution in [2.75, 3.05) is 27.1 Å². The third-order valence-electron chi connectivity index (χ3n) is 2.90. The summed E-state index contributed by atoms with van der Waals surface area (Å²) in [6.45, 7) is 7.73. The van der Waals surface area contributed by atoms with E-state index in [1.165, 1.54) is 12.0 Å².